The van der Waals surface area contributed by atoms with Crippen LogP contribution in [-0.2, 0) is 0 Å². The molecule has 1 saturated heterocycles. The number of nitrogens with zero attached hydrogens (tertiary/aromatic N) is 1. The summed E-state index contributed by atoms with van der Waals surface area (Å²) in [7, 11) is 0. The number of hydrogen-bond donors (Lipinski definition) is 1. The van der Waals surface area contributed by atoms with Crippen molar-refractivity contribution < 1.29 is 31.1 Å². The molecule has 1 aliphatic heterocycles. The molecule has 22 heavy (non-hydrogen) atoms. The summed E-state index contributed by atoms with van der Waals surface area (Å²) in [4.78, 5) is 12.6. The third-order valence-corrected chi connectivity index (χ3v) is 3.78. The van der Waals surface area contributed by atoms with Gasteiger partial charge in [-0.2, -0.15) is 26.3 Å². The van der Waals surface area contributed by atoms with Crippen molar-refractivity contribution in [1.82, 2.24) is 4.90 Å². The second kappa shape index (κ2) is 5.06. The summed E-state index contributed by atoms with van der Waals surface area (Å²) in [5.74, 6) is -0.900. The highest BCUT2D eigenvalue weighted by Gasteiger charge is 2.72. The lowest BCUT2D eigenvalue weighted by Gasteiger charge is -2.33. The fraction of sp³-hybridized carbons (Fsp3) is 0.462. The van der Waals surface area contributed by atoms with Crippen LogP contribution in [0.4, 0.5) is 32.0 Å². The lowest BCUT2D eigenvalue weighted by molar-refractivity contribution is -0.334. The normalized spacial score (nSPS) is 18.5. The van der Waals surface area contributed by atoms with Gasteiger partial charge in [-0.1, -0.05) is 6.07 Å². The smallest absolute Gasteiger partial charge is 0.399 e. The van der Waals surface area contributed by atoms with E-state index in [0.29, 0.717) is 4.90 Å². The Bertz CT molecular complexity index is 567. The summed E-state index contributed by atoms with van der Waals surface area (Å²) in [6.07, 6.45) is -12.2. The molecule has 3 nitrogen and oxygen atoms in total. The van der Waals surface area contributed by atoms with Crippen LogP contribution in [-0.4, -0.2) is 36.2 Å². The van der Waals surface area contributed by atoms with Gasteiger partial charge in [0.05, 0.1) is 0 Å². The Morgan fingerprint density at radius 3 is 2.18 bits per heavy atom. The van der Waals surface area contributed by atoms with Crippen molar-refractivity contribution in [2.75, 3.05) is 18.8 Å². The van der Waals surface area contributed by atoms with E-state index < -0.39 is 43.2 Å². The number of carbonyl (C=O) groups is 1. The van der Waals surface area contributed by atoms with Crippen LogP contribution in [0.15, 0.2) is 24.3 Å². The summed E-state index contributed by atoms with van der Waals surface area (Å²) < 4.78 is 77.6. The van der Waals surface area contributed by atoms with Crippen LogP contribution in [0, 0.1) is 5.41 Å². The lowest BCUT2D eigenvalue weighted by Crippen LogP contribution is -2.52. The van der Waals surface area contributed by atoms with Crippen LogP contribution in [0.5, 0.6) is 0 Å². The van der Waals surface area contributed by atoms with Crippen molar-refractivity contribution >= 4 is 11.6 Å². The van der Waals surface area contributed by atoms with E-state index >= 15 is 0 Å². The van der Waals surface area contributed by atoms with Crippen molar-refractivity contribution in [3.8, 4) is 0 Å². The highest BCUT2D eigenvalue weighted by Crippen LogP contribution is 2.55. The topological polar surface area (TPSA) is 46.3 Å². The number of hydrogen-bond acceptors (Lipinski definition) is 2. The second-order valence-corrected chi connectivity index (χ2v) is 5.18. The maximum Gasteiger partial charge on any atom is 0.404 e. The molecule has 1 heterocycles. The summed E-state index contributed by atoms with van der Waals surface area (Å²) in [5, 5.41) is 0. The van der Waals surface area contributed by atoms with Crippen LogP contribution in [0.1, 0.15) is 16.8 Å². The number of halogens is 6. The van der Waals surface area contributed by atoms with Crippen molar-refractivity contribution in [3.05, 3.63) is 29.8 Å². The highest BCUT2D eigenvalue weighted by atomic mass is 19.4. The third-order valence-electron chi connectivity index (χ3n) is 3.78. The predicted octanol–water partition coefficient (Wildman–Crippen LogP) is 3.23. The molecule has 0 atom stereocenters. The Kier molecular flexibility index (Phi) is 3.78. The highest BCUT2D eigenvalue weighted by molar-refractivity contribution is 5.95. The number of anilines is 1. The molecule has 9 heteroatoms. The van der Waals surface area contributed by atoms with E-state index in [2.05, 4.69) is 0 Å². The quantitative estimate of drug-likeness (QED) is 0.636. The first-order valence-electron chi connectivity index (χ1n) is 6.26. The molecule has 2 N–H and O–H groups in total. The number of likely N-dealkylation sites (tertiary alicyclic amines) is 1. The number of nitrogen functional groups attached to an aromatic ring is 1. The minimum Gasteiger partial charge on any atom is -0.399 e. The second-order valence-electron chi connectivity index (χ2n) is 5.18. The van der Waals surface area contributed by atoms with Crippen LogP contribution < -0.4 is 5.73 Å². The van der Waals surface area contributed by atoms with Crippen molar-refractivity contribution in [2.45, 2.75) is 18.8 Å². The van der Waals surface area contributed by atoms with E-state index in [9.17, 15) is 31.1 Å². The molecule has 1 aliphatic rings. The van der Waals surface area contributed by atoms with Gasteiger partial charge < -0.3 is 10.6 Å². The van der Waals surface area contributed by atoms with Crippen LogP contribution in [0.3, 0.4) is 0 Å². The Balaban J connectivity index is 2.29. The minimum atomic E-state index is -5.48. The first kappa shape index (κ1) is 16.4. The zero-order valence-corrected chi connectivity index (χ0v) is 11.1. The first-order chi connectivity index (χ1) is 9.98. The Morgan fingerprint density at radius 2 is 1.73 bits per heavy atom. The maximum atomic E-state index is 12.9. The number of nitrogens with two attached hydrogens (primary N) is 1. The molecule has 2 rings (SSSR count). The van der Waals surface area contributed by atoms with Gasteiger partial charge in [0.1, 0.15) is 0 Å². The van der Waals surface area contributed by atoms with Gasteiger partial charge in [-0.15, -0.1) is 0 Å². The Morgan fingerprint density at radius 1 is 1.14 bits per heavy atom. The van der Waals surface area contributed by atoms with Gasteiger partial charge in [0.2, 0.25) is 0 Å². The Labute approximate surface area is 121 Å². The average Bonchev–Trinajstić information content (AvgIpc) is 2.83. The van der Waals surface area contributed by atoms with E-state index in [1.54, 1.807) is 0 Å². The summed E-state index contributed by atoms with van der Waals surface area (Å²) in [6, 6.07) is 5.36. The molecule has 122 valence electrons. The molecule has 0 aliphatic carbocycles. The number of amides is 1. The molecular weight excluding hydrogens is 314 g/mol. The van der Waals surface area contributed by atoms with Gasteiger partial charge in [0.15, 0.2) is 5.41 Å². The van der Waals surface area contributed by atoms with Crippen LogP contribution >= 0.6 is 0 Å². The van der Waals surface area contributed by atoms with Gasteiger partial charge >= 0.3 is 12.4 Å². The fourth-order valence-corrected chi connectivity index (χ4v) is 2.46. The van der Waals surface area contributed by atoms with E-state index in [1.807, 2.05) is 0 Å². The van der Waals surface area contributed by atoms with E-state index in [4.69, 9.17) is 5.73 Å². The fourth-order valence-electron chi connectivity index (χ4n) is 2.46. The Hall–Kier alpha value is -1.93. The largest absolute Gasteiger partial charge is 0.404 e. The molecule has 1 fully saturated rings. The number of benzene rings is 1. The molecule has 0 radical (unpaired) electrons. The summed E-state index contributed by atoms with van der Waals surface area (Å²) in [5.41, 5.74) is 1.73. The van der Waals surface area contributed by atoms with E-state index in [-0.39, 0.29) is 11.3 Å². The third kappa shape index (κ3) is 2.59. The van der Waals surface area contributed by atoms with Gasteiger partial charge in [0, 0.05) is 24.3 Å². The van der Waals surface area contributed by atoms with Crippen LogP contribution in [0.25, 0.3) is 0 Å². The average molecular weight is 326 g/mol. The van der Waals surface area contributed by atoms with E-state index in [1.165, 1.54) is 24.3 Å². The molecule has 0 aromatic heterocycles. The predicted molar refractivity (Wildman–Crippen MR) is 65.9 cm³/mol. The zero-order valence-electron chi connectivity index (χ0n) is 11.1. The van der Waals surface area contributed by atoms with Crippen molar-refractivity contribution in [3.63, 3.8) is 0 Å². The van der Waals surface area contributed by atoms with E-state index in [0.717, 1.165) is 0 Å². The van der Waals surface area contributed by atoms with Gasteiger partial charge in [0.25, 0.3) is 5.91 Å². The SMILES string of the molecule is Nc1cccc(C(=O)N2CCC(C(F)(F)F)(C(F)(F)F)C2)c1. The molecule has 1 aromatic carbocycles. The van der Waals surface area contributed by atoms with Gasteiger partial charge in [-0.05, 0) is 24.6 Å². The van der Waals surface area contributed by atoms with Gasteiger partial charge in [-0.25, -0.2) is 0 Å². The minimum absolute atomic E-state index is 0.0415. The van der Waals surface area contributed by atoms with Gasteiger partial charge in [-0.3, -0.25) is 4.79 Å². The van der Waals surface area contributed by atoms with Crippen molar-refractivity contribution in [2.24, 2.45) is 5.41 Å². The summed E-state index contributed by atoms with van der Waals surface area (Å²) in [6.45, 7) is -2.06. The van der Waals surface area contributed by atoms with Crippen molar-refractivity contribution in [1.29, 1.82) is 0 Å². The zero-order chi connectivity index (χ0) is 16.8. The molecule has 1 aromatic rings. The number of carbonyl (C=O) groups excluding carboxylic acids is 1. The first-order valence-corrected chi connectivity index (χ1v) is 6.26. The lowest BCUT2D eigenvalue weighted by atomic mass is 9.85. The molecule has 1 amide bonds. The summed E-state index contributed by atoms with van der Waals surface area (Å²) >= 11 is 0. The molecule has 0 unspecified atom stereocenters. The standard InChI is InChI=1S/C13H12F6N2O/c14-12(15,16)11(13(17,18)19)4-5-21(7-11)10(22)8-2-1-3-9(20)6-8/h1-3,6H,4-5,7,20H2. The molecule has 0 saturated carbocycles. The number of rotatable bonds is 1. The molecular formula is C13H12F6N2O. The molecule has 0 spiro atoms. The van der Waals surface area contributed by atoms with Crippen LogP contribution in [0.2, 0.25) is 0 Å². The maximum absolute atomic E-state index is 12.9. The molecule has 0 bridgehead atoms. The monoisotopic (exact) mass is 326 g/mol. The number of alkyl halides is 6.